The number of nitrogens with zero attached hydrogens (tertiary/aromatic N) is 1. The second-order valence-corrected chi connectivity index (χ2v) is 7.71. The molecule has 2 nitrogen and oxygen atoms in total. The lowest BCUT2D eigenvalue weighted by molar-refractivity contribution is 0.589. The summed E-state index contributed by atoms with van der Waals surface area (Å²) in [5.41, 5.74) is 1.26. The predicted molar refractivity (Wildman–Crippen MR) is 89.1 cm³/mol. The minimum absolute atomic E-state index is 0.510. The van der Waals surface area contributed by atoms with E-state index in [4.69, 9.17) is 4.98 Å². The van der Waals surface area contributed by atoms with Gasteiger partial charge in [0.05, 0.1) is 10.6 Å². The fourth-order valence-electron chi connectivity index (χ4n) is 1.78. The molecule has 0 fully saturated rings. The van der Waals surface area contributed by atoms with Gasteiger partial charge in [0.15, 0.2) is 0 Å². The van der Waals surface area contributed by atoms with Crippen LogP contribution in [0, 0.1) is 0 Å². The van der Waals surface area contributed by atoms with Crippen LogP contribution in [-0.2, 0) is 13.0 Å². The summed E-state index contributed by atoms with van der Waals surface area (Å²) in [5.74, 6) is 0. The molecule has 0 bridgehead atoms. The summed E-state index contributed by atoms with van der Waals surface area (Å²) in [5, 5.41) is 6.76. The fourth-order valence-corrected chi connectivity index (χ4v) is 4.33. The summed E-state index contributed by atoms with van der Waals surface area (Å²) in [6.07, 6.45) is 2.21. The van der Waals surface area contributed by atoms with Gasteiger partial charge in [-0.25, -0.2) is 4.98 Å². The summed E-state index contributed by atoms with van der Waals surface area (Å²) >= 11 is 7.08. The third-order valence-corrected chi connectivity index (χ3v) is 5.67. The van der Waals surface area contributed by atoms with Gasteiger partial charge in [-0.3, -0.25) is 0 Å². The Balaban J connectivity index is 2.23. The average Bonchev–Trinajstić information content (AvgIpc) is 2.94. The molecule has 104 valence electrons. The minimum atomic E-state index is 0.510. The third-order valence-electron chi connectivity index (χ3n) is 2.71. The Morgan fingerprint density at radius 3 is 2.79 bits per heavy atom. The van der Waals surface area contributed by atoms with Gasteiger partial charge in [-0.15, -0.1) is 22.7 Å². The van der Waals surface area contributed by atoms with Crippen molar-refractivity contribution < 1.29 is 0 Å². The van der Waals surface area contributed by atoms with E-state index in [0.29, 0.717) is 6.04 Å². The molecule has 0 atom stereocenters. The monoisotopic (exact) mass is 358 g/mol. The Bertz CT molecular complexity index is 531. The average molecular weight is 359 g/mol. The molecule has 0 saturated carbocycles. The van der Waals surface area contributed by atoms with Crippen molar-refractivity contribution in [1.82, 2.24) is 10.3 Å². The summed E-state index contributed by atoms with van der Waals surface area (Å²) in [6, 6.07) is 2.66. The lowest BCUT2D eigenvalue weighted by Gasteiger charge is -2.07. The molecule has 0 unspecified atom stereocenters. The van der Waals surface area contributed by atoms with E-state index in [-0.39, 0.29) is 0 Å². The normalized spacial score (nSPS) is 11.4. The largest absolute Gasteiger partial charge is 0.310 e. The molecule has 0 aliphatic carbocycles. The molecule has 2 rings (SSSR count). The van der Waals surface area contributed by atoms with Crippen LogP contribution >= 0.6 is 38.6 Å². The van der Waals surface area contributed by atoms with Crippen LogP contribution in [0.4, 0.5) is 0 Å². The molecule has 0 amide bonds. The highest BCUT2D eigenvalue weighted by molar-refractivity contribution is 9.10. The molecule has 0 spiro atoms. The first-order valence-corrected chi connectivity index (χ1v) is 9.05. The molecule has 0 aliphatic heterocycles. The van der Waals surface area contributed by atoms with E-state index < -0.39 is 0 Å². The van der Waals surface area contributed by atoms with Crippen molar-refractivity contribution in [3.8, 4) is 9.88 Å². The van der Waals surface area contributed by atoms with Gasteiger partial charge < -0.3 is 5.32 Å². The summed E-state index contributed by atoms with van der Waals surface area (Å²) in [4.78, 5) is 7.47. The van der Waals surface area contributed by atoms with Gasteiger partial charge in [-0.05, 0) is 28.4 Å². The van der Waals surface area contributed by atoms with Crippen LogP contribution < -0.4 is 5.32 Å². The Kier molecular flexibility index (Phi) is 5.57. The van der Waals surface area contributed by atoms with Gasteiger partial charge in [0.1, 0.15) is 5.01 Å². The topological polar surface area (TPSA) is 24.9 Å². The van der Waals surface area contributed by atoms with Gasteiger partial charge in [0.25, 0.3) is 0 Å². The van der Waals surface area contributed by atoms with Gasteiger partial charge in [0.2, 0.25) is 0 Å². The molecular weight excluding hydrogens is 340 g/mol. The van der Waals surface area contributed by atoms with Crippen molar-refractivity contribution in [2.75, 3.05) is 0 Å². The van der Waals surface area contributed by atoms with Crippen LogP contribution in [0.1, 0.15) is 37.8 Å². The first-order valence-electron chi connectivity index (χ1n) is 6.56. The van der Waals surface area contributed by atoms with Crippen molar-refractivity contribution >= 4 is 38.6 Å². The second kappa shape index (κ2) is 6.97. The van der Waals surface area contributed by atoms with E-state index in [0.717, 1.165) is 28.9 Å². The van der Waals surface area contributed by atoms with Crippen LogP contribution in [0.3, 0.4) is 0 Å². The summed E-state index contributed by atoms with van der Waals surface area (Å²) in [6.45, 7) is 7.49. The van der Waals surface area contributed by atoms with Crippen LogP contribution in [0.15, 0.2) is 15.9 Å². The summed E-state index contributed by atoms with van der Waals surface area (Å²) in [7, 11) is 0. The minimum Gasteiger partial charge on any atom is -0.310 e. The fraction of sp³-hybridized carbons (Fsp3) is 0.500. The van der Waals surface area contributed by atoms with Gasteiger partial charge in [-0.1, -0.05) is 27.2 Å². The molecule has 2 aromatic rings. The highest BCUT2D eigenvalue weighted by atomic mass is 79.9. The van der Waals surface area contributed by atoms with Crippen LogP contribution in [0.5, 0.6) is 0 Å². The smallest absolute Gasteiger partial charge is 0.133 e. The summed E-state index contributed by atoms with van der Waals surface area (Å²) < 4.78 is 1.14. The highest BCUT2D eigenvalue weighted by Crippen LogP contribution is 2.34. The van der Waals surface area contributed by atoms with Crippen molar-refractivity contribution in [1.29, 1.82) is 0 Å². The van der Waals surface area contributed by atoms with Gasteiger partial charge in [-0.2, -0.15) is 0 Å². The number of thiophene rings is 1. The molecule has 0 aromatic carbocycles. The zero-order chi connectivity index (χ0) is 13.8. The van der Waals surface area contributed by atoms with Crippen molar-refractivity contribution in [2.24, 2.45) is 0 Å². The maximum absolute atomic E-state index is 4.83. The van der Waals surface area contributed by atoms with E-state index >= 15 is 0 Å². The molecule has 0 saturated heterocycles. The quantitative estimate of drug-likeness (QED) is 0.778. The number of nitrogens with one attached hydrogen (secondary N) is 1. The number of halogens is 1. The number of hydrogen-bond acceptors (Lipinski definition) is 4. The van der Waals surface area contributed by atoms with Crippen molar-refractivity contribution in [3.63, 3.8) is 0 Å². The number of aryl methyl sites for hydroxylation is 1. The zero-order valence-electron chi connectivity index (χ0n) is 11.5. The lowest BCUT2D eigenvalue weighted by Crippen LogP contribution is -2.21. The molecule has 19 heavy (non-hydrogen) atoms. The third kappa shape index (κ3) is 4.12. The Hall–Kier alpha value is -0.230. The van der Waals surface area contributed by atoms with Crippen LogP contribution in [-0.4, -0.2) is 11.0 Å². The molecule has 1 N–H and O–H groups in total. The van der Waals surface area contributed by atoms with Crippen molar-refractivity contribution in [3.05, 3.63) is 26.5 Å². The zero-order valence-corrected chi connectivity index (χ0v) is 14.7. The molecule has 2 heterocycles. The standard InChI is InChI=1S/C14H19BrN2S2/c1-4-5-11-13(7-16-9(2)3)19-14(17-11)12-6-10(15)8-18-12/h6,8-9,16H,4-5,7H2,1-3H3. The lowest BCUT2D eigenvalue weighted by atomic mass is 10.2. The van der Waals surface area contributed by atoms with E-state index in [1.54, 1.807) is 11.3 Å². The number of hydrogen-bond donors (Lipinski definition) is 1. The van der Waals surface area contributed by atoms with E-state index in [9.17, 15) is 0 Å². The van der Waals surface area contributed by atoms with E-state index in [1.165, 1.54) is 15.4 Å². The van der Waals surface area contributed by atoms with E-state index in [1.807, 2.05) is 11.3 Å². The Morgan fingerprint density at radius 2 is 2.21 bits per heavy atom. The second-order valence-electron chi connectivity index (χ2n) is 4.80. The molecule has 5 heteroatoms. The maximum Gasteiger partial charge on any atom is 0.133 e. The predicted octanol–water partition coefficient (Wildman–Crippen LogP) is 5.08. The molecule has 2 aromatic heterocycles. The number of thiazole rings is 1. The Labute approximate surface area is 131 Å². The number of aromatic nitrogens is 1. The van der Waals surface area contributed by atoms with Gasteiger partial charge >= 0.3 is 0 Å². The first-order chi connectivity index (χ1) is 9.10. The van der Waals surface area contributed by atoms with Crippen LogP contribution in [0.25, 0.3) is 9.88 Å². The molecular formula is C14H19BrN2S2. The van der Waals surface area contributed by atoms with Crippen molar-refractivity contribution in [2.45, 2.75) is 46.2 Å². The van der Waals surface area contributed by atoms with Crippen LogP contribution in [0.2, 0.25) is 0 Å². The highest BCUT2D eigenvalue weighted by Gasteiger charge is 2.13. The molecule has 0 aliphatic rings. The first kappa shape index (κ1) is 15.2. The Morgan fingerprint density at radius 1 is 1.42 bits per heavy atom. The van der Waals surface area contributed by atoms with Gasteiger partial charge in [0, 0.05) is 27.3 Å². The number of rotatable bonds is 6. The van der Waals surface area contributed by atoms with E-state index in [2.05, 4.69) is 53.5 Å². The maximum atomic E-state index is 4.83. The molecule has 0 radical (unpaired) electrons. The SMILES string of the molecule is CCCc1nc(-c2cc(Br)cs2)sc1CNC(C)C.